The summed E-state index contributed by atoms with van der Waals surface area (Å²) < 4.78 is 6.25. The van der Waals surface area contributed by atoms with E-state index in [4.69, 9.17) is 4.42 Å². The maximum atomic E-state index is 10.2. The van der Waals surface area contributed by atoms with E-state index >= 15 is 0 Å². The molecule has 1 aromatic carbocycles. The molecule has 1 aliphatic heterocycles. The fourth-order valence-corrected chi connectivity index (χ4v) is 2.79. The van der Waals surface area contributed by atoms with Gasteiger partial charge in [0.25, 0.3) is 0 Å². The fraction of sp³-hybridized carbons (Fsp3) is 0.267. The van der Waals surface area contributed by atoms with Gasteiger partial charge in [-0.15, -0.1) is 0 Å². The van der Waals surface area contributed by atoms with Crippen LogP contribution in [0.3, 0.4) is 0 Å². The summed E-state index contributed by atoms with van der Waals surface area (Å²) >= 11 is 3.30. The van der Waals surface area contributed by atoms with Crippen molar-refractivity contribution in [2.45, 2.75) is 26.3 Å². The molecule has 2 aromatic rings. The van der Waals surface area contributed by atoms with Crippen LogP contribution in [-0.2, 0) is 0 Å². The summed E-state index contributed by atoms with van der Waals surface area (Å²) in [6, 6.07) is 7.72. The molecule has 104 valence electrons. The number of furan rings is 1. The zero-order valence-electron chi connectivity index (χ0n) is 11.3. The van der Waals surface area contributed by atoms with Crippen molar-refractivity contribution < 1.29 is 9.52 Å². The molecule has 0 bridgehead atoms. The van der Waals surface area contributed by atoms with E-state index in [-0.39, 0.29) is 6.04 Å². The first-order valence-electron chi connectivity index (χ1n) is 6.42. The first kappa shape index (κ1) is 13.2. The number of nitrogens with one attached hydrogen (secondary N) is 1. The van der Waals surface area contributed by atoms with Crippen LogP contribution < -0.4 is 5.43 Å². The highest BCUT2D eigenvalue weighted by atomic mass is 79.9. The zero-order chi connectivity index (χ0) is 14.3. The Bertz CT molecular complexity index is 691. The van der Waals surface area contributed by atoms with Gasteiger partial charge in [-0.2, -0.15) is 5.10 Å². The Morgan fingerprint density at radius 2 is 2.15 bits per heavy atom. The average Bonchev–Trinajstić information content (AvgIpc) is 3.02. The Balaban J connectivity index is 1.87. The molecular formula is C15H15BrN2O2. The van der Waals surface area contributed by atoms with E-state index < -0.39 is 0 Å². The lowest BCUT2D eigenvalue weighted by Crippen LogP contribution is -2.08. The highest BCUT2D eigenvalue weighted by Gasteiger charge is 2.25. The van der Waals surface area contributed by atoms with Gasteiger partial charge < -0.3 is 9.52 Å². The number of aromatic hydroxyl groups is 1. The van der Waals surface area contributed by atoms with Gasteiger partial charge in [-0.25, -0.2) is 0 Å². The van der Waals surface area contributed by atoms with Crippen molar-refractivity contribution in [1.82, 2.24) is 5.43 Å². The van der Waals surface area contributed by atoms with Gasteiger partial charge >= 0.3 is 0 Å². The van der Waals surface area contributed by atoms with E-state index in [1.807, 2.05) is 38.1 Å². The number of hydrogen-bond donors (Lipinski definition) is 2. The van der Waals surface area contributed by atoms with Crippen molar-refractivity contribution in [3.05, 3.63) is 51.4 Å². The molecule has 0 saturated carbocycles. The second-order valence-electron chi connectivity index (χ2n) is 5.06. The predicted molar refractivity (Wildman–Crippen MR) is 81.0 cm³/mol. The third-order valence-corrected chi connectivity index (χ3v) is 3.87. The van der Waals surface area contributed by atoms with E-state index in [1.165, 1.54) is 0 Å². The number of hydrogen-bond acceptors (Lipinski definition) is 4. The molecule has 3 rings (SSSR count). The van der Waals surface area contributed by atoms with Crippen molar-refractivity contribution in [2.24, 2.45) is 5.10 Å². The molecule has 0 aliphatic carbocycles. The summed E-state index contributed by atoms with van der Waals surface area (Å²) in [6.45, 7) is 3.91. The minimum Gasteiger partial charge on any atom is -0.507 e. The molecule has 0 spiro atoms. The van der Waals surface area contributed by atoms with Crippen LogP contribution in [0.1, 0.15) is 34.9 Å². The van der Waals surface area contributed by atoms with Gasteiger partial charge in [0.15, 0.2) is 4.67 Å². The predicted octanol–water partition coefficient (Wildman–Crippen LogP) is 3.80. The van der Waals surface area contributed by atoms with E-state index in [1.54, 1.807) is 0 Å². The van der Waals surface area contributed by atoms with Crippen molar-refractivity contribution in [3.63, 3.8) is 0 Å². The van der Waals surface area contributed by atoms with Crippen LogP contribution in [0.5, 0.6) is 5.75 Å². The minimum absolute atomic E-state index is 0.0107. The fourth-order valence-electron chi connectivity index (χ4n) is 2.47. The van der Waals surface area contributed by atoms with Gasteiger partial charge in [-0.05, 0) is 59.1 Å². The average molecular weight is 335 g/mol. The van der Waals surface area contributed by atoms with E-state index in [2.05, 4.69) is 26.5 Å². The van der Waals surface area contributed by atoms with Crippen molar-refractivity contribution in [2.75, 3.05) is 0 Å². The Morgan fingerprint density at radius 3 is 2.85 bits per heavy atom. The molecule has 2 N–H and O–H groups in total. The number of nitrogens with zero attached hydrogens (tertiary/aromatic N) is 1. The smallest absolute Gasteiger partial charge is 0.169 e. The molecule has 5 heteroatoms. The van der Waals surface area contributed by atoms with Crippen LogP contribution in [-0.4, -0.2) is 10.8 Å². The molecule has 20 heavy (non-hydrogen) atoms. The topological polar surface area (TPSA) is 57.8 Å². The first-order valence-corrected chi connectivity index (χ1v) is 7.22. The number of rotatable bonds is 2. The maximum Gasteiger partial charge on any atom is 0.169 e. The summed E-state index contributed by atoms with van der Waals surface area (Å²) in [4.78, 5) is 0. The molecule has 0 saturated heterocycles. The maximum absolute atomic E-state index is 10.2. The van der Waals surface area contributed by atoms with Gasteiger partial charge in [0.05, 0.1) is 5.71 Å². The normalized spacial score (nSPS) is 17.9. The molecular weight excluding hydrogens is 320 g/mol. The number of phenols is 1. The highest BCUT2D eigenvalue weighted by Crippen LogP contribution is 2.32. The molecule has 0 amide bonds. The van der Waals surface area contributed by atoms with Crippen molar-refractivity contribution in [1.29, 1.82) is 0 Å². The third-order valence-electron chi connectivity index (χ3n) is 3.45. The molecule has 2 heterocycles. The van der Waals surface area contributed by atoms with E-state index in [9.17, 15) is 5.11 Å². The van der Waals surface area contributed by atoms with Crippen LogP contribution in [0.2, 0.25) is 0 Å². The van der Waals surface area contributed by atoms with Crippen LogP contribution in [0.25, 0.3) is 0 Å². The monoisotopic (exact) mass is 334 g/mol. The van der Waals surface area contributed by atoms with Gasteiger partial charge in [0, 0.05) is 12.0 Å². The van der Waals surface area contributed by atoms with E-state index in [0.717, 1.165) is 28.2 Å². The van der Waals surface area contributed by atoms with Crippen LogP contribution in [0, 0.1) is 13.8 Å². The van der Waals surface area contributed by atoms with Crippen molar-refractivity contribution >= 4 is 21.6 Å². The van der Waals surface area contributed by atoms with Gasteiger partial charge in [-0.1, -0.05) is 6.07 Å². The Kier molecular flexibility index (Phi) is 3.30. The second-order valence-corrected chi connectivity index (χ2v) is 5.85. The number of aryl methyl sites for hydroxylation is 2. The minimum atomic E-state index is 0.0107. The SMILES string of the molecule is Cc1cc(C)c(O)c(C2=NN[C@H](c3ccc(Br)o3)C2)c1. The quantitative estimate of drug-likeness (QED) is 0.878. The lowest BCUT2D eigenvalue weighted by Gasteiger charge is -2.09. The number of benzene rings is 1. The number of hydrazone groups is 1. The van der Waals surface area contributed by atoms with Crippen LogP contribution in [0.4, 0.5) is 0 Å². The van der Waals surface area contributed by atoms with E-state index in [0.29, 0.717) is 16.8 Å². The first-order chi connectivity index (χ1) is 9.54. The number of phenolic OH excluding ortho intramolecular Hbond substituents is 1. The van der Waals surface area contributed by atoms with Gasteiger partial charge in [0.1, 0.15) is 17.6 Å². The molecule has 1 aromatic heterocycles. The highest BCUT2D eigenvalue weighted by molar-refractivity contribution is 9.10. The molecule has 0 fully saturated rings. The second kappa shape index (κ2) is 4.98. The lowest BCUT2D eigenvalue weighted by molar-refractivity contribution is 0.426. The zero-order valence-corrected chi connectivity index (χ0v) is 12.9. The van der Waals surface area contributed by atoms with Crippen molar-refractivity contribution in [3.8, 4) is 5.75 Å². The standard InChI is InChI=1S/C15H15BrN2O2/c1-8-5-9(2)15(19)10(6-8)11-7-12(18-17-11)13-3-4-14(16)20-13/h3-6,12,18-19H,7H2,1-2H3/t12-/m0/s1. The van der Waals surface area contributed by atoms with Gasteiger partial charge in [-0.3, -0.25) is 5.43 Å². The largest absolute Gasteiger partial charge is 0.507 e. The van der Waals surface area contributed by atoms with Gasteiger partial charge in [0.2, 0.25) is 0 Å². The molecule has 0 radical (unpaired) electrons. The number of halogens is 1. The molecule has 1 atom stereocenters. The molecule has 0 unspecified atom stereocenters. The Morgan fingerprint density at radius 1 is 1.35 bits per heavy atom. The Labute approximate surface area is 125 Å². The van der Waals surface area contributed by atoms with Crippen LogP contribution >= 0.6 is 15.9 Å². The summed E-state index contributed by atoms with van der Waals surface area (Å²) in [5.41, 5.74) is 6.69. The summed E-state index contributed by atoms with van der Waals surface area (Å²) in [7, 11) is 0. The molecule has 4 nitrogen and oxygen atoms in total. The molecule has 1 aliphatic rings. The van der Waals surface area contributed by atoms with Crippen LogP contribution in [0.15, 0.2) is 38.5 Å². The lowest BCUT2D eigenvalue weighted by atomic mass is 9.98. The summed E-state index contributed by atoms with van der Waals surface area (Å²) in [6.07, 6.45) is 0.691. The summed E-state index contributed by atoms with van der Waals surface area (Å²) in [5.74, 6) is 1.14. The summed E-state index contributed by atoms with van der Waals surface area (Å²) in [5, 5.41) is 14.6. The Hall–Kier alpha value is -1.75. The third kappa shape index (κ3) is 2.33.